The predicted molar refractivity (Wildman–Crippen MR) is 93.2 cm³/mol. The molecule has 1 saturated carbocycles. The second-order valence-corrected chi connectivity index (χ2v) is 6.51. The predicted octanol–water partition coefficient (Wildman–Crippen LogP) is 2.12. The fourth-order valence-corrected chi connectivity index (χ4v) is 3.28. The van der Waals surface area contributed by atoms with Gasteiger partial charge in [0.1, 0.15) is 12.7 Å². The molecule has 2 aliphatic rings. The number of nitrogens with one attached hydrogen (secondary N) is 1. The van der Waals surface area contributed by atoms with Gasteiger partial charge in [0.15, 0.2) is 11.5 Å². The maximum absolute atomic E-state index is 12.5. The van der Waals surface area contributed by atoms with Gasteiger partial charge in [-0.1, -0.05) is 12.1 Å². The van der Waals surface area contributed by atoms with Gasteiger partial charge in [0.2, 0.25) is 12.0 Å². The van der Waals surface area contributed by atoms with Gasteiger partial charge >= 0.3 is 0 Å². The average molecular weight is 355 g/mol. The number of para-hydroxylation sites is 2. The van der Waals surface area contributed by atoms with E-state index in [-0.39, 0.29) is 24.7 Å². The van der Waals surface area contributed by atoms with Crippen molar-refractivity contribution >= 4 is 5.91 Å². The summed E-state index contributed by atoms with van der Waals surface area (Å²) in [5.74, 6) is 1.71. The van der Waals surface area contributed by atoms with Crippen molar-refractivity contribution in [2.75, 3.05) is 6.61 Å². The van der Waals surface area contributed by atoms with E-state index < -0.39 is 6.10 Å². The van der Waals surface area contributed by atoms with Gasteiger partial charge in [0.25, 0.3) is 5.91 Å². The first-order valence-electron chi connectivity index (χ1n) is 8.89. The fourth-order valence-electron chi connectivity index (χ4n) is 3.28. The van der Waals surface area contributed by atoms with Gasteiger partial charge in [-0.25, -0.2) is 4.98 Å². The van der Waals surface area contributed by atoms with E-state index in [1.807, 2.05) is 24.3 Å². The number of nitrogens with zero attached hydrogens (tertiary/aromatic N) is 2. The summed E-state index contributed by atoms with van der Waals surface area (Å²) in [5.41, 5.74) is 0. The van der Waals surface area contributed by atoms with Crippen molar-refractivity contribution in [1.82, 2.24) is 15.3 Å². The lowest BCUT2D eigenvalue weighted by molar-refractivity contribution is -0.131. The van der Waals surface area contributed by atoms with E-state index in [0.29, 0.717) is 17.4 Å². The van der Waals surface area contributed by atoms with Gasteiger partial charge in [0.05, 0.1) is 6.20 Å². The van der Waals surface area contributed by atoms with Gasteiger partial charge < -0.3 is 19.5 Å². The maximum atomic E-state index is 12.5. The Morgan fingerprint density at radius 1 is 1.12 bits per heavy atom. The highest BCUT2D eigenvalue weighted by Crippen LogP contribution is 2.31. The van der Waals surface area contributed by atoms with Gasteiger partial charge in [-0.05, 0) is 37.8 Å². The molecule has 2 heterocycles. The van der Waals surface area contributed by atoms with Crippen LogP contribution in [0.25, 0.3) is 0 Å². The van der Waals surface area contributed by atoms with Crippen LogP contribution in [0.5, 0.6) is 17.4 Å². The number of fused-ring (bicyclic) bond motifs is 1. The Kier molecular flexibility index (Phi) is 4.86. The summed E-state index contributed by atoms with van der Waals surface area (Å²) < 4.78 is 17.2. The molecule has 4 rings (SSSR count). The first-order valence-corrected chi connectivity index (χ1v) is 8.89. The van der Waals surface area contributed by atoms with E-state index in [4.69, 9.17) is 14.2 Å². The first-order chi connectivity index (χ1) is 12.8. The van der Waals surface area contributed by atoms with Crippen LogP contribution >= 0.6 is 0 Å². The normalized spacial score (nSPS) is 24.5. The van der Waals surface area contributed by atoms with Crippen LogP contribution in [0.15, 0.2) is 42.9 Å². The smallest absolute Gasteiger partial charge is 0.264 e. The van der Waals surface area contributed by atoms with Crippen molar-refractivity contribution in [3.8, 4) is 17.4 Å². The highest BCUT2D eigenvalue weighted by molar-refractivity contribution is 5.82. The Morgan fingerprint density at radius 2 is 1.92 bits per heavy atom. The molecule has 0 spiro atoms. The number of hydrogen-bond acceptors (Lipinski definition) is 6. The van der Waals surface area contributed by atoms with Gasteiger partial charge in [-0.3, -0.25) is 9.78 Å². The monoisotopic (exact) mass is 355 g/mol. The minimum atomic E-state index is -0.613. The van der Waals surface area contributed by atoms with Crippen molar-refractivity contribution in [3.63, 3.8) is 0 Å². The van der Waals surface area contributed by atoms with Crippen LogP contribution in [0.2, 0.25) is 0 Å². The highest BCUT2D eigenvalue weighted by Gasteiger charge is 2.30. The van der Waals surface area contributed by atoms with Crippen molar-refractivity contribution < 1.29 is 19.0 Å². The third-order valence-corrected chi connectivity index (χ3v) is 4.65. The van der Waals surface area contributed by atoms with E-state index in [2.05, 4.69) is 15.3 Å². The van der Waals surface area contributed by atoms with Crippen molar-refractivity contribution in [2.45, 2.75) is 43.9 Å². The van der Waals surface area contributed by atoms with Crippen LogP contribution in [0.1, 0.15) is 25.7 Å². The largest absolute Gasteiger partial charge is 0.485 e. The second-order valence-electron chi connectivity index (χ2n) is 6.51. The molecule has 0 bridgehead atoms. The van der Waals surface area contributed by atoms with Crippen LogP contribution in [-0.2, 0) is 4.79 Å². The molecule has 7 nitrogen and oxygen atoms in total. The Morgan fingerprint density at radius 3 is 2.69 bits per heavy atom. The Balaban J connectivity index is 1.25. The molecule has 0 radical (unpaired) electrons. The second kappa shape index (κ2) is 7.59. The zero-order valence-electron chi connectivity index (χ0n) is 14.3. The summed E-state index contributed by atoms with van der Waals surface area (Å²) in [4.78, 5) is 20.6. The first kappa shape index (κ1) is 16.6. The van der Waals surface area contributed by atoms with Crippen LogP contribution in [0.3, 0.4) is 0 Å². The quantitative estimate of drug-likeness (QED) is 0.905. The molecule has 2 aromatic rings. The molecule has 1 aliphatic heterocycles. The summed E-state index contributed by atoms with van der Waals surface area (Å²) >= 11 is 0. The highest BCUT2D eigenvalue weighted by atomic mass is 16.6. The lowest BCUT2D eigenvalue weighted by atomic mass is 9.93. The molecule has 136 valence electrons. The molecule has 1 N–H and O–H groups in total. The molecule has 1 aromatic carbocycles. The molecule has 1 fully saturated rings. The van der Waals surface area contributed by atoms with Gasteiger partial charge in [0, 0.05) is 18.4 Å². The van der Waals surface area contributed by atoms with E-state index >= 15 is 0 Å². The molecule has 26 heavy (non-hydrogen) atoms. The van der Waals surface area contributed by atoms with Crippen LogP contribution < -0.4 is 19.5 Å². The van der Waals surface area contributed by atoms with E-state index in [9.17, 15) is 4.79 Å². The minimum Gasteiger partial charge on any atom is -0.485 e. The average Bonchev–Trinajstić information content (AvgIpc) is 2.70. The number of aromatic nitrogens is 2. The van der Waals surface area contributed by atoms with Crippen molar-refractivity contribution in [2.24, 2.45) is 0 Å². The van der Waals surface area contributed by atoms with Crippen molar-refractivity contribution in [1.29, 1.82) is 0 Å². The molecule has 1 aromatic heterocycles. The summed E-state index contributed by atoms with van der Waals surface area (Å²) in [5, 5.41) is 3.08. The van der Waals surface area contributed by atoms with Crippen molar-refractivity contribution in [3.05, 3.63) is 42.9 Å². The lowest BCUT2D eigenvalue weighted by Gasteiger charge is -2.31. The third kappa shape index (κ3) is 3.87. The molecule has 1 aliphatic carbocycles. The molecule has 1 atom stereocenters. The minimum absolute atomic E-state index is 0.112. The zero-order chi connectivity index (χ0) is 17.8. The standard InChI is InChI=1S/C19H21N3O4/c23-19(17-12-24-15-3-1-2-4-16(15)26-17)22-13-5-7-14(8-6-13)25-18-11-20-9-10-21-18/h1-4,9-11,13-14,17H,5-8,12H2,(H,22,23)/t13?,14?,17-/m1/s1. The molecule has 0 unspecified atom stereocenters. The topological polar surface area (TPSA) is 82.6 Å². The number of carbonyl (C=O) groups is 1. The Labute approximate surface area is 151 Å². The molecule has 7 heteroatoms. The molecular weight excluding hydrogens is 334 g/mol. The Hall–Kier alpha value is -2.83. The maximum Gasteiger partial charge on any atom is 0.264 e. The number of benzene rings is 1. The number of amides is 1. The SMILES string of the molecule is O=C(NC1CCC(Oc2cnccn2)CC1)[C@H]1COc2ccccc2O1. The number of hydrogen-bond donors (Lipinski definition) is 1. The van der Waals surface area contributed by atoms with E-state index in [1.54, 1.807) is 18.6 Å². The van der Waals surface area contributed by atoms with E-state index in [0.717, 1.165) is 25.7 Å². The third-order valence-electron chi connectivity index (χ3n) is 4.65. The van der Waals surface area contributed by atoms with Gasteiger partial charge in [-0.2, -0.15) is 0 Å². The Bertz CT molecular complexity index is 747. The van der Waals surface area contributed by atoms with Crippen LogP contribution in [-0.4, -0.2) is 40.7 Å². The lowest BCUT2D eigenvalue weighted by Crippen LogP contribution is -2.49. The van der Waals surface area contributed by atoms with Crippen LogP contribution in [0, 0.1) is 0 Å². The van der Waals surface area contributed by atoms with Crippen LogP contribution in [0.4, 0.5) is 0 Å². The molecule has 0 saturated heterocycles. The fraction of sp³-hybridized carbons (Fsp3) is 0.421. The molecule has 1 amide bonds. The summed E-state index contributed by atoms with van der Waals surface area (Å²) in [6.45, 7) is 0.230. The summed E-state index contributed by atoms with van der Waals surface area (Å²) in [6.07, 6.45) is 7.81. The van der Waals surface area contributed by atoms with Gasteiger partial charge in [-0.15, -0.1) is 0 Å². The number of ether oxygens (including phenoxy) is 3. The molecular formula is C19H21N3O4. The number of rotatable bonds is 4. The summed E-state index contributed by atoms with van der Waals surface area (Å²) in [7, 11) is 0. The van der Waals surface area contributed by atoms with E-state index in [1.165, 1.54) is 0 Å². The number of carbonyl (C=O) groups excluding carboxylic acids is 1. The summed E-state index contributed by atoms with van der Waals surface area (Å²) in [6, 6.07) is 7.52. The zero-order valence-corrected chi connectivity index (χ0v) is 14.3.